The van der Waals surface area contributed by atoms with Gasteiger partial charge >= 0.3 is 5.97 Å². The third kappa shape index (κ3) is 4.89. The summed E-state index contributed by atoms with van der Waals surface area (Å²) in [5, 5.41) is 0.142. The van der Waals surface area contributed by atoms with Crippen LogP contribution in [0.2, 0.25) is 5.15 Å². The van der Waals surface area contributed by atoms with Crippen molar-refractivity contribution in [1.29, 1.82) is 0 Å². The van der Waals surface area contributed by atoms with Gasteiger partial charge in [-0.25, -0.2) is 9.78 Å². The number of aryl methyl sites for hydroxylation is 2. The number of hydrogen-bond acceptors (Lipinski definition) is 4. The maximum Gasteiger partial charge on any atom is 0.341 e. The summed E-state index contributed by atoms with van der Waals surface area (Å²) in [6.45, 7) is 3.75. The van der Waals surface area contributed by atoms with Crippen LogP contribution in [0.25, 0.3) is 0 Å². The number of ketones is 1. The van der Waals surface area contributed by atoms with E-state index in [-0.39, 0.29) is 23.1 Å². The Labute approximate surface area is 154 Å². The summed E-state index contributed by atoms with van der Waals surface area (Å²) in [6, 6.07) is 8.95. The average Bonchev–Trinajstić information content (AvgIpc) is 2.51. The Morgan fingerprint density at radius 2 is 1.88 bits per heavy atom. The molecule has 2 aromatic rings. The van der Waals surface area contributed by atoms with Crippen LogP contribution in [0.15, 0.2) is 34.8 Å². The summed E-state index contributed by atoms with van der Waals surface area (Å²) in [7, 11) is 0. The minimum Gasteiger partial charge on any atom is -0.462 e. The van der Waals surface area contributed by atoms with Crippen molar-refractivity contribution in [2.24, 2.45) is 0 Å². The first kappa shape index (κ1) is 18.6. The highest BCUT2D eigenvalue weighted by atomic mass is 79.9. The van der Waals surface area contributed by atoms with E-state index in [2.05, 4.69) is 20.9 Å². The number of aromatic nitrogens is 1. The van der Waals surface area contributed by atoms with Gasteiger partial charge in [0.05, 0.1) is 12.2 Å². The lowest BCUT2D eigenvalue weighted by Gasteiger charge is -2.09. The van der Waals surface area contributed by atoms with Crippen LogP contribution >= 0.6 is 27.5 Å². The standard InChI is InChI=1S/C18H17BrClNO3/c1-11-10-12(2)21-17(20)16(11)18(23)24-9-3-4-15(22)13-5-7-14(19)8-6-13/h5-8,10H,3-4,9H2,1-2H3. The Morgan fingerprint density at radius 3 is 2.50 bits per heavy atom. The zero-order chi connectivity index (χ0) is 17.7. The van der Waals surface area contributed by atoms with E-state index < -0.39 is 5.97 Å². The lowest BCUT2D eigenvalue weighted by molar-refractivity contribution is 0.0493. The quantitative estimate of drug-likeness (QED) is 0.293. The van der Waals surface area contributed by atoms with Gasteiger partial charge in [0.2, 0.25) is 0 Å². The number of benzene rings is 1. The van der Waals surface area contributed by atoms with E-state index in [0.29, 0.717) is 18.4 Å². The number of carbonyl (C=O) groups is 2. The maximum absolute atomic E-state index is 12.1. The molecule has 1 aromatic heterocycles. The van der Waals surface area contributed by atoms with Crippen LogP contribution in [0.3, 0.4) is 0 Å². The van der Waals surface area contributed by atoms with Crippen LogP contribution in [0.5, 0.6) is 0 Å². The van der Waals surface area contributed by atoms with Crippen LogP contribution < -0.4 is 0 Å². The predicted molar refractivity (Wildman–Crippen MR) is 96.7 cm³/mol. The van der Waals surface area contributed by atoms with Gasteiger partial charge in [0.15, 0.2) is 5.78 Å². The normalized spacial score (nSPS) is 10.5. The highest BCUT2D eigenvalue weighted by molar-refractivity contribution is 9.10. The fraction of sp³-hybridized carbons (Fsp3) is 0.278. The van der Waals surface area contributed by atoms with Crippen molar-refractivity contribution in [1.82, 2.24) is 4.98 Å². The fourth-order valence-electron chi connectivity index (χ4n) is 2.29. The molecule has 0 aliphatic heterocycles. The molecule has 1 heterocycles. The molecule has 2 rings (SSSR count). The maximum atomic E-state index is 12.1. The lowest BCUT2D eigenvalue weighted by atomic mass is 10.1. The summed E-state index contributed by atoms with van der Waals surface area (Å²) in [5.74, 6) is -0.495. The number of hydrogen-bond donors (Lipinski definition) is 0. The van der Waals surface area contributed by atoms with Crippen LogP contribution in [-0.2, 0) is 4.74 Å². The third-order valence-electron chi connectivity index (χ3n) is 3.45. The number of nitrogens with zero attached hydrogens (tertiary/aromatic N) is 1. The molecule has 4 nitrogen and oxygen atoms in total. The zero-order valence-corrected chi connectivity index (χ0v) is 15.8. The van der Waals surface area contributed by atoms with Crippen molar-refractivity contribution < 1.29 is 14.3 Å². The number of esters is 1. The Hall–Kier alpha value is -1.72. The molecule has 6 heteroatoms. The van der Waals surface area contributed by atoms with Gasteiger partial charge in [0, 0.05) is 22.2 Å². The molecule has 0 aliphatic rings. The summed E-state index contributed by atoms with van der Waals surface area (Å²) < 4.78 is 6.13. The SMILES string of the molecule is Cc1cc(C)c(C(=O)OCCCC(=O)c2ccc(Br)cc2)c(Cl)n1. The van der Waals surface area contributed by atoms with Gasteiger partial charge in [-0.05, 0) is 44.0 Å². The minimum atomic E-state index is -0.513. The Balaban J connectivity index is 1.85. The summed E-state index contributed by atoms with van der Waals surface area (Å²) in [5.41, 5.74) is 2.39. The molecule has 0 N–H and O–H groups in total. The molecular weight excluding hydrogens is 394 g/mol. The Bertz CT molecular complexity index is 736. The zero-order valence-electron chi connectivity index (χ0n) is 13.4. The van der Waals surface area contributed by atoms with Gasteiger partial charge in [-0.2, -0.15) is 0 Å². The smallest absolute Gasteiger partial charge is 0.341 e. The number of ether oxygens (including phenoxy) is 1. The molecule has 0 radical (unpaired) electrons. The van der Waals surface area contributed by atoms with Crippen molar-refractivity contribution in [3.05, 3.63) is 62.3 Å². The van der Waals surface area contributed by atoms with E-state index in [1.165, 1.54) is 0 Å². The molecule has 0 atom stereocenters. The van der Waals surface area contributed by atoms with Gasteiger partial charge in [-0.3, -0.25) is 4.79 Å². The lowest BCUT2D eigenvalue weighted by Crippen LogP contribution is -2.11. The fourth-order valence-corrected chi connectivity index (χ4v) is 2.91. The Morgan fingerprint density at radius 1 is 1.21 bits per heavy atom. The van der Waals surface area contributed by atoms with Gasteiger partial charge in [-0.15, -0.1) is 0 Å². The van der Waals surface area contributed by atoms with E-state index in [1.807, 2.05) is 19.1 Å². The summed E-state index contributed by atoms with van der Waals surface area (Å²) >= 11 is 9.34. The molecule has 0 spiro atoms. The first-order chi connectivity index (χ1) is 11.4. The molecule has 24 heavy (non-hydrogen) atoms. The molecular formula is C18H17BrClNO3. The molecule has 0 saturated heterocycles. The second kappa shape index (κ2) is 8.40. The second-order valence-electron chi connectivity index (χ2n) is 5.42. The molecule has 0 saturated carbocycles. The summed E-state index contributed by atoms with van der Waals surface area (Å²) in [6.07, 6.45) is 0.768. The van der Waals surface area contributed by atoms with Crippen molar-refractivity contribution in [3.8, 4) is 0 Å². The second-order valence-corrected chi connectivity index (χ2v) is 6.69. The first-order valence-corrected chi connectivity index (χ1v) is 8.65. The third-order valence-corrected chi connectivity index (χ3v) is 4.25. The average molecular weight is 411 g/mol. The van der Waals surface area contributed by atoms with Crippen molar-refractivity contribution >= 4 is 39.3 Å². The highest BCUT2D eigenvalue weighted by Crippen LogP contribution is 2.20. The van der Waals surface area contributed by atoms with Gasteiger partial charge in [0.1, 0.15) is 5.15 Å². The topological polar surface area (TPSA) is 56.3 Å². The summed E-state index contributed by atoms with van der Waals surface area (Å²) in [4.78, 5) is 28.2. The van der Waals surface area contributed by atoms with Gasteiger partial charge in [-0.1, -0.05) is 39.7 Å². The molecule has 0 unspecified atom stereocenters. The van der Waals surface area contributed by atoms with Crippen molar-refractivity contribution in [2.75, 3.05) is 6.61 Å². The first-order valence-electron chi connectivity index (χ1n) is 7.48. The van der Waals surface area contributed by atoms with Crippen molar-refractivity contribution in [3.63, 3.8) is 0 Å². The van der Waals surface area contributed by atoms with Crippen LogP contribution in [0.4, 0.5) is 0 Å². The predicted octanol–water partition coefficient (Wildman–Crippen LogP) is 4.93. The molecule has 0 amide bonds. The number of halogens is 2. The van der Waals surface area contributed by atoms with Crippen molar-refractivity contribution in [2.45, 2.75) is 26.7 Å². The molecule has 126 valence electrons. The van der Waals surface area contributed by atoms with Gasteiger partial charge < -0.3 is 4.74 Å². The molecule has 0 fully saturated rings. The van der Waals surface area contributed by atoms with E-state index >= 15 is 0 Å². The van der Waals surface area contributed by atoms with E-state index in [9.17, 15) is 9.59 Å². The molecule has 0 bridgehead atoms. The Kier molecular flexibility index (Phi) is 6.52. The molecule has 0 aliphatic carbocycles. The monoisotopic (exact) mass is 409 g/mol. The minimum absolute atomic E-state index is 0.0183. The largest absolute Gasteiger partial charge is 0.462 e. The van der Waals surface area contributed by atoms with E-state index in [1.54, 1.807) is 25.1 Å². The highest BCUT2D eigenvalue weighted by Gasteiger charge is 2.17. The van der Waals surface area contributed by atoms with Crippen LogP contribution in [-0.4, -0.2) is 23.3 Å². The number of Topliss-reactive ketones (excluding diaryl/α,β-unsaturated/α-hetero) is 1. The molecule has 1 aromatic carbocycles. The number of carbonyl (C=O) groups excluding carboxylic acids is 2. The van der Waals surface area contributed by atoms with E-state index in [0.717, 1.165) is 15.7 Å². The van der Waals surface area contributed by atoms with Crippen LogP contribution in [0, 0.1) is 13.8 Å². The van der Waals surface area contributed by atoms with E-state index in [4.69, 9.17) is 16.3 Å². The van der Waals surface area contributed by atoms with Crippen LogP contribution in [0.1, 0.15) is 44.8 Å². The number of rotatable bonds is 6. The van der Waals surface area contributed by atoms with Gasteiger partial charge in [0.25, 0.3) is 0 Å². The number of pyridine rings is 1.